The number of carbonyl (C=O) groups is 1. The van der Waals surface area contributed by atoms with Crippen LogP contribution >= 0.6 is 0 Å². The van der Waals surface area contributed by atoms with Gasteiger partial charge in [-0.3, -0.25) is 14.8 Å². The number of fused-ring (bicyclic) bond motifs is 1. The van der Waals surface area contributed by atoms with Crippen LogP contribution in [-0.2, 0) is 11.2 Å². The molecule has 2 heterocycles. The Morgan fingerprint density at radius 2 is 2.00 bits per heavy atom. The second-order valence-corrected chi connectivity index (χ2v) is 9.44. The lowest BCUT2D eigenvalue weighted by molar-refractivity contribution is -0.115. The predicted octanol–water partition coefficient (Wildman–Crippen LogP) is 3.90. The largest absolute Gasteiger partial charge is 0.493 e. The van der Waals surface area contributed by atoms with E-state index in [-0.39, 0.29) is 18.9 Å². The zero-order valence-corrected chi connectivity index (χ0v) is 22.8. The number of aliphatic hydroxyl groups is 1. The number of H-pyrrole nitrogens is 1. The van der Waals surface area contributed by atoms with Gasteiger partial charge in [0.05, 0.1) is 32.3 Å². The zero-order chi connectivity index (χ0) is 28.5. The highest BCUT2D eigenvalue weighted by atomic mass is 19.1. The standard InChI is InChI=1S/C28H34FN7O4/c1-18(2)36(9-10-37)8-5-11-40-25-16-23-22(15-24(25)39-3)28(31-17-30-23)33-26-13-21(34-35-26)14-27(38)32-20-7-4-6-19(29)12-20/h4,6-7,12-13,15-18,37H,5,8-11,14H2,1-3H3,(H,32,38)(H2,30,31,33,34,35). The van der Waals surface area contributed by atoms with E-state index < -0.39 is 5.82 Å². The highest BCUT2D eigenvalue weighted by Gasteiger charge is 2.14. The molecule has 0 aliphatic rings. The van der Waals surface area contributed by atoms with E-state index >= 15 is 0 Å². The highest BCUT2D eigenvalue weighted by Crippen LogP contribution is 2.34. The Morgan fingerprint density at radius 3 is 2.75 bits per heavy atom. The van der Waals surface area contributed by atoms with Crippen LogP contribution in [0.1, 0.15) is 26.0 Å². The summed E-state index contributed by atoms with van der Waals surface area (Å²) in [4.78, 5) is 23.3. The van der Waals surface area contributed by atoms with Crippen molar-refractivity contribution in [1.29, 1.82) is 0 Å². The lowest BCUT2D eigenvalue weighted by atomic mass is 10.2. The second kappa shape index (κ2) is 13.7. The van der Waals surface area contributed by atoms with Crippen LogP contribution in [0.2, 0.25) is 0 Å². The van der Waals surface area contributed by atoms with Crippen LogP contribution in [-0.4, -0.2) is 75.5 Å². The number of aliphatic hydroxyl groups excluding tert-OH is 1. The Hall–Kier alpha value is -4.29. The molecule has 2 aromatic heterocycles. The Labute approximate surface area is 231 Å². The number of anilines is 3. The number of ether oxygens (including phenoxy) is 2. The van der Waals surface area contributed by atoms with Gasteiger partial charge in [-0.25, -0.2) is 14.4 Å². The summed E-state index contributed by atoms with van der Waals surface area (Å²) in [6, 6.07) is 11.4. The van der Waals surface area contributed by atoms with E-state index in [4.69, 9.17) is 9.47 Å². The van der Waals surface area contributed by atoms with Crippen LogP contribution in [0.3, 0.4) is 0 Å². The van der Waals surface area contributed by atoms with Crippen molar-refractivity contribution in [3.63, 3.8) is 0 Å². The number of methoxy groups -OCH3 is 1. The predicted molar refractivity (Wildman–Crippen MR) is 151 cm³/mol. The van der Waals surface area contributed by atoms with Crippen LogP contribution < -0.4 is 20.1 Å². The summed E-state index contributed by atoms with van der Waals surface area (Å²) in [5, 5.41) is 22.8. The van der Waals surface area contributed by atoms with Crippen molar-refractivity contribution < 1.29 is 23.8 Å². The summed E-state index contributed by atoms with van der Waals surface area (Å²) < 4.78 is 25.0. The van der Waals surface area contributed by atoms with Crippen molar-refractivity contribution in [3.8, 4) is 11.5 Å². The number of nitrogens with zero attached hydrogens (tertiary/aromatic N) is 4. The average Bonchev–Trinajstić information content (AvgIpc) is 3.36. The molecule has 0 saturated carbocycles. The molecule has 2 aromatic carbocycles. The number of nitrogens with one attached hydrogen (secondary N) is 3. The Morgan fingerprint density at radius 1 is 1.15 bits per heavy atom. The van der Waals surface area contributed by atoms with Gasteiger partial charge in [-0.05, 0) is 44.5 Å². The lowest BCUT2D eigenvalue weighted by Crippen LogP contribution is -2.34. The van der Waals surface area contributed by atoms with Gasteiger partial charge in [0.25, 0.3) is 0 Å². The number of hydrogen-bond acceptors (Lipinski definition) is 9. The summed E-state index contributed by atoms with van der Waals surface area (Å²) in [5.41, 5.74) is 1.60. The number of aromatic amines is 1. The summed E-state index contributed by atoms with van der Waals surface area (Å²) >= 11 is 0. The summed E-state index contributed by atoms with van der Waals surface area (Å²) in [6.45, 7) is 6.24. The van der Waals surface area contributed by atoms with E-state index in [1.165, 1.54) is 24.5 Å². The van der Waals surface area contributed by atoms with Crippen molar-refractivity contribution >= 4 is 34.1 Å². The number of amides is 1. The molecular weight excluding hydrogens is 517 g/mol. The van der Waals surface area contributed by atoms with Gasteiger partial charge in [-0.2, -0.15) is 5.10 Å². The van der Waals surface area contributed by atoms with Crippen LogP contribution in [0, 0.1) is 5.82 Å². The fraction of sp³-hybridized carbons (Fsp3) is 0.357. The maximum atomic E-state index is 13.4. The normalized spacial score (nSPS) is 11.3. The molecule has 0 bridgehead atoms. The minimum atomic E-state index is -0.426. The summed E-state index contributed by atoms with van der Waals surface area (Å²) in [7, 11) is 1.57. The molecule has 40 heavy (non-hydrogen) atoms. The van der Waals surface area contributed by atoms with Gasteiger partial charge in [0, 0.05) is 48.0 Å². The maximum absolute atomic E-state index is 13.4. The third kappa shape index (κ3) is 7.64. The fourth-order valence-electron chi connectivity index (χ4n) is 4.22. The van der Waals surface area contributed by atoms with Gasteiger partial charge in [0.15, 0.2) is 17.3 Å². The molecule has 11 nitrogen and oxygen atoms in total. The number of benzene rings is 2. The molecule has 0 unspecified atom stereocenters. The quantitative estimate of drug-likeness (QED) is 0.172. The molecule has 0 fully saturated rings. The fourth-order valence-corrected chi connectivity index (χ4v) is 4.22. The van der Waals surface area contributed by atoms with E-state index in [1.807, 2.05) is 6.07 Å². The van der Waals surface area contributed by atoms with E-state index in [0.29, 0.717) is 64.6 Å². The van der Waals surface area contributed by atoms with Gasteiger partial charge in [0.2, 0.25) is 5.91 Å². The molecule has 0 radical (unpaired) electrons. The highest BCUT2D eigenvalue weighted by molar-refractivity contribution is 5.93. The molecule has 12 heteroatoms. The second-order valence-electron chi connectivity index (χ2n) is 9.44. The minimum Gasteiger partial charge on any atom is -0.493 e. The molecule has 0 atom stereocenters. The SMILES string of the molecule is COc1cc2c(Nc3cc(CC(=O)Nc4cccc(F)c4)[nH]n3)ncnc2cc1OCCCN(CCO)C(C)C. The molecule has 4 N–H and O–H groups in total. The minimum absolute atomic E-state index is 0.0269. The molecule has 212 valence electrons. The monoisotopic (exact) mass is 551 g/mol. The van der Waals surface area contributed by atoms with Crippen LogP contribution in [0.15, 0.2) is 48.8 Å². The Bertz CT molecular complexity index is 1430. The maximum Gasteiger partial charge on any atom is 0.230 e. The number of hydrogen-bond donors (Lipinski definition) is 4. The van der Waals surface area contributed by atoms with E-state index in [1.54, 1.807) is 25.3 Å². The number of halogens is 1. The zero-order valence-electron chi connectivity index (χ0n) is 22.8. The van der Waals surface area contributed by atoms with E-state index in [9.17, 15) is 14.3 Å². The molecule has 0 saturated heterocycles. The van der Waals surface area contributed by atoms with Crippen molar-refractivity contribution in [1.82, 2.24) is 25.1 Å². The summed E-state index contributed by atoms with van der Waals surface area (Å²) in [5.74, 6) is 1.35. The first-order valence-corrected chi connectivity index (χ1v) is 13.0. The number of rotatable bonds is 14. The third-order valence-corrected chi connectivity index (χ3v) is 6.22. The molecule has 0 spiro atoms. The summed E-state index contributed by atoms with van der Waals surface area (Å²) in [6.07, 6.45) is 2.26. The first-order chi connectivity index (χ1) is 19.4. The van der Waals surface area contributed by atoms with Gasteiger partial charge in [-0.1, -0.05) is 6.07 Å². The Kier molecular flexibility index (Phi) is 9.81. The van der Waals surface area contributed by atoms with Crippen molar-refractivity contribution in [2.24, 2.45) is 0 Å². The van der Waals surface area contributed by atoms with E-state index in [2.05, 4.69) is 49.5 Å². The smallest absolute Gasteiger partial charge is 0.230 e. The molecule has 4 rings (SSSR count). The third-order valence-electron chi connectivity index (χ3n) is 6.22. The van der Waals surface area contributed by atoms with Crippen molar-refractivity contribution in [2.45, 2.75) is 32.7 Å². The van der Waals surface area contributed by atoms with E-state index in [0.717, 1.165) is 13.0 Å². The van der Waals surface area contributed by atoms with Crippen molar-refractivity contribution in [3.05, 3.63) is 60.3 Å². The molecule has 1 amide bonds. The van der Waals surface area contributed by atoms with Crippen LogP contribution in [0.25, 0.3) is 10.9 Å². The molecule has 0 aliphatic heterocycles. The van der Waals surface area contributed by atoms with Gasteiger partial charge in [0.1, 0.15) is 18.0 Å². The average molecular weight is 552 g/mol. The van der Waals surface area contributed by atoms with Crippen LogP contribution in [0.4, 0.5) is 21.7 Å². The van der Waals surface area contributed by atoms with Gasteiger partial charge < -0.3 is 25.2 Å². The molecule has 4 aromatic rings. The number of carbonyl (C=O) groups excluding carboxylic acids is 1. The lowest BCUT2D eigenvalue weighted by Gasteiger charge is -2.25. The van der Waals surface area contributed by atoms with Crippen molar-refractivity contribution in [2.75, 3.05) is 44.0 Å². The van der Waals surface area contributed by atoms with Gasteiger partial charge in [-0.15, -0.1) is 0 Å². The van der Waals surface area contributed by atoms with Crippen LogP contribution in [0.5, 0.6) is 11.5 Å². The topological polar surface area (TPSA) is 138 Å². The molecular formula is C28H34FN7O4. The number of aromatic nitrogens is 4. The Balaban J connectivity index is 1.41. The first-order valence-electron chi connectivity index (χ1n) is 13.0. The van der Waals surface area contributed by atoms with Gasteiger partial charge >= 0.3 is 0 Å². The molecule has 0 aliphatic carbocycles. The first kappa shape index (κ1) is 28.7.